The first-order valence-corrected chi connectivity index (χ1v) is 6.99. The van der Waals surface area contributed by atoms with Crippen molar-refractivity contribution in [2.24, 2.45) is 0 Å². The summed E-state index contributed by atoms with van der Waals surface area (Å²) in [5.41, 5.74) is 7.14. The summed E-state index contributed by atoms with van der Waals surface area (Å²) < 4.78 is 13.8. The molecule has 1 aliphatic heterocycles. The highest BCUT2D eigenvalue weighted by atomic mass is 19.1. The fourth-order valence-corrected chi connectivity index (χ4v) is 2.87. The molecule has 3 heteroatoms. The number of nitrogens with two attached hydrogens (primary N) is 1. The van der Waals surface area contributed by atoms with Crippen LogP contribution in [0.2, 0.25) is 0 Å². The largest absolute Gasteiger partial charge is 0.398 e. The van der Waals surface area contributed by atoms with E-state index in [-0.39, 0.29) is 5.82 Å². The number of rotatable bonds is 4. The fraction of sp³-hybridized carbons (Fsp3) is 0.600. The molecule has 1 fully saturated rings. The molecule has 2 nitrogen and oxygen atoms in total. The summed E-state index contributed by atoms with van der Waals surface area (Å²) in [7, 11) is 0. The second kappa shape index (κ2) is 6.19. The van der Waals surface area contributed by atoms with Crippen LogP contribution in [0.1, 0.15) is 44.6 Å². The van der Waals surface area contributed by atoms with Crippen LogP contribution in [0.3, 0.4) is 0 Å². The van der Waals surface area contributed by atoms with Crippen molar-refractivity contribution in [3.05, 3.63) is 29.6 Å². The summed E-state index contributed by atoms with van der Waals surface area (Å²) in [6, 6.07) is 5.57. The number of hydrogen-bond donors (Lipinski definition) is 1. The van der Waals surface area contributed by atoms with E-state index in [0.29, 0.717) is 23.8 Å². The molecule has 2 N–H and O–H groups in total. The number of piperidine rings is 1. The Bertz CT molecular complexity index is 370. The van der Waals surface area contributed by atoms with Gasteiger partial charge in [-0.15, -0.1) is 0 Å². The first-order valence-electron chi connectivity index (χ1n) is 6.99. The van der Waals surface area contributed by atoms with Crippen LogP contribution < -0.4 is 5.73 Å². The number of nitrogen functional groups attached to an aromatic ring is 1. The van der Waals surface area contributed by atoms with Crippen molar-refractivity contribution >= 4 is 5.69 Å². The minimum Gasteiger partial charge on any atom is -0.398 e. The van der Waals surface area contributed by atoms with Gasteiger partial charge in [0.1, 0.15) is 5.82 Å². The third kappa shape index (κ3) is 3.02. The Morgan fingerprint density at radius 1 is 1.39 bits per heavy atom. The molecule has 0 aromatic heterocycles. The zero-order chi connectivity index (χ0) is 13.0. The number of nitrogens with zero attached hydrogens (tertiary/aromatic N) is 1. The third-order valence-corrected chi connectivity index (χ3v) is 3.89. The van der Waals surface area contributed by atoms with Gasteiger partial charge in [-0.2, -0.15) is 0 Å². The maximum absolute atomic E-state index is 13.8. The minimum atomic E-state index is -0.171. The predicted molar refractivity (Wildman–Crippen MR) is 73.8 cm³/mol. The van der Waals surface area contributed by atoms with Crippen LogP contribution in [-0.2, 0) is 6.54 Å². The van der Waals surface area contributed by atoms with E-state index in [1.54, 1.807) is 12.1 Å². The smallest absolute Gasteiger partial charge is 0.129 e. The molecule has 2 rings (SSSR count). The lowest BCUT2D eigenvalue weighted by molar-refractivity contribution is 0.130. The van der Waals surface area contributed by atoms with Crippen LogP contribution in [0, 0.1) is 5.82 Å². The van der Waals surface area contributed by atoms with Crippen molar-refractivity contribution in [2.75, 3.05) is 12.3 Å². The van der Waals surface area contributed by atoms with Gasteiger partial charge < -0.3 is 5.73 Å². The second-order valence-corrected chi connectivity index (χ2v) is 5.22. The Balaban J connectivity index is 2.11. The van der Waals surface area contributed by atoms with E-state index in [0.717, 1.165) is 6.54 Å². The predicted octanol–water partition coefficient (Wildman–Crippen LogP) is 3.56. The number of anilines is 1. The van der Waals surface area contributed by atoms with Crippen molar-refractivity contribution in [3.63, 3.8) is 0 Å². The van der Waals surface area contributed by atoms with Crippen LogP contribution in [0.15, 0.2) is 18.2 Å². The molecule has 0 bridgehead atoms. The van der Waals surface area contributed by atoms with Crippen molar-refractivity contribution in [3.8, 4) is 0 Å². The van der Waals surface area contributed by atoms with Crippen molar-refractivity contribution in [1.29, 1.82) is 0 Å². The van der Waals surface area contributed by atoms with Gasteiger partial charge >= 0.3 is 0 Å². The molecule has 1 unspecified atom stereocenters. The number of hydrogen-bond acceptors (Lipinski definition) is 2. The summed E-state index contributed by atoms with van der Waals surface area (Å²) in [6.45, 7) is 3.94. The molecule has 0 amide bonds. The lowest BCUT2D eigenvalue weighted by Crippen LogP contribution is -2.39. The number of halogens is 1. The standard InChI is InChI=1S/C15H23FN2/c1-2-6-12-7-3-4-10-18(12)11-13-14(16)8-5-9-15(13)17/h5,8-9,12H,2-4,6-7,10-11,17H2,1H3. The SMILES string of the molecule is CCCC1CCCCN1Cc1c(N)cccc1F. The Kier molecular flexibility index (Phi) is 4.59. The van der Waals surface area contributed by atoms with E-state index in [9.17, 15) is 4.39 Å². The Morgan fingerprint density at radius 3 is 2.94 bits per heavy atom. The lowest BCUT2D eigenvalue weighted by atomic mass is 9.97. The average Bonchev–Trinajstić information content (AvgIpc) is 2.36. The Hall–Kier alpha value is -1.09. The van der Waals surface area contributed by atoms with Gasteiger partial charge in [0.15, 0.2) is 0 Å². The molecule has 0 saturated carbocycles. The molecular formula is C15H23FN2. The first-order chi connectivity index (χ1) is 8.72. The van der Waals surface area contributed by atoms with Gasteiger partial charge in [-0.1, -0.05) is 25.8 Å². The third-order valence-electron chi connectivity index (χ3n) is 3.89. The van der Waals surface area contributed by atoms with Gasteiger partial charge in [0.05, 0.1) is 0 Å². The van der Waals surface area contributed by atoms with Crippen LogP contribution in [-0.4, -0.2) is 17.5 Å². The van der Waals surface area contributed by atoms with Gasteiger partial charge in [-0.3, -0.25) is 4.90 Å². The van der Waals surface area contributed by atoms with Gasteiger partial charge in [0, 0.05) is 23.8 Å². The van der Waals surface area contributed by atoms with E-state index >= 15 is 0 Å². The fourth-order valence-electron chi connectivity index (χ4n) is 2.87. The molecule has 0 aliphatic carbocycles. The van der Waals surface area contributed by atoms with Crippen LogP contribution in [0.5, 0.6) is 0 Å². The summed E-state index contributed by atoms with van der Waals surface area (Å²) in [5.74, 6) is -0.171. The van der Waals surface area contributed by atoms with Crippen LogP contribution in [0.4, 0.5) is 10.1 Å². The molecule has 1 aromatic carbocycles. The van der Waals surface area contributed by atoms with Crippen LogP contribution in [0.25, 0.3) is 0 Å². The summed E-state index contributed by atoms with van der Waals surface area (Å²) >= 11 is 0. The monoisotopic (exact) mass is 250 g/mol. The van der Waals surface area contributed by atoms with Crippen molar-refractivity contribution < 1.29 is 4.39 Å². The number of likely N-dealkylation sites (tertiary alicyclic amines) is 1. The van der Waals surface area contributed by atoms with Crippen molar-refractivity contribution in [2.45, 2.75) is 51.6 Å². The average molecular weight is 250 g/mol. The Labute approximate surface area is 109 Å². The maximum atomic E-state index is 13.8. The van der Waals surface area contributed by atoms with Gasteiger partial charge in [0.25, 0.3) is 0 Å². The highest BCUT2D eigenvalue weighted by Crippen LogP contribution is 2.25. The molecule has 0 radical (unpaired) electrons. The summed E-state index contributed by atoms with van der Waals surface area (Å²) in [5, 5.41) is 0. The molecule has 18 heavy (non-hydrogen) atoms. The van der Waals surface area contributed by atoms with Gasteiger partial charge in [-0.25, -0.2) is 4.39 Å². The molecule has 1 saturated heterocycles. The molecular weight excluding hydrogens is 227 g/mol. The van der Waals surface area contributed by atoms with E-state index in [1.165, 1.54) is 38.2 Å². The van der Waals surface area contributed by atoms with Gasteiger partial charge in [0.2, 0.25) is 0 Å². The van der Waals surface area contributed by atoms with E-state index in [1.807, 2.05) is 0 Å². The molecule has 100 valence electrons. The van der Waals surface area contributed by atoms with E-state index in [4.69, 9.17) is 5.73 Å². The normalized spacial score (nSPS) is 21.1. The summed E-state index contributed by atoms with van der Waals surface area (Å²) in [6.07, 6.45) is 6.15. The molecule has 1 aliphatic rings. The maximum Gasteiger partial charge on any atom is 0.129 e. The lowest BCUT2D eigenvalue weighted by Gasteiger charge is -2.36. The van der Waals surface area contributed by atoms with E-state index < -0.39 is 0 Å². The number of benzene rings is 1. The zero-order valence-electron chi connectivity index (χ0n) is 11.2. The van der Waals surface area contributed by atoms with Crippen molar-refractivity contribution in [1.82, 2.24) is 4.90 Å². The highest BCUT2D eigenvalue weighted by Gasteiger charge is 2.23. The topological polar surface area (TPSA) is 29.3 Å². The van der Waals surface area contributed by atoms with E-state index in [2.05, 4.69) is 11.8 Å². The second-order valence-electron chi connectivity index (χ2n) is 5.22. The highest BCUT2D eigenvalue weighted by molar-refractivity contribution is 5.47. The summed E-state index contributed by atoms with van der Waals surface area (Å²) in [4.78, 5) is 2.40. The quantitative estimate of drug-likeness (QED) is 0.828. The molecule has 1 aromatic rings. The minimum absolute atomic E-state index is 0.171. The molecule has 1 atom stereocenters. The molecule has 1 heterocycles. The molecule has 0 spiro atoms. The van der Waals surface area contributed by atoms with Gasteiger partial charge in [-0.05, 0) is 37.9 Å². The van der Waals surface area contributed by atoms with Crippen LogP contribution >= 0.6 is 0 Å². The Morgan fingerprint density at radius 2 is 2.22 bits per heavy atom. The zero-order valence-corrected chi connectivity index (χ0v) is 11.2. The first kappa shape index (κ1) is 13.3.